The first-order chi connectivity index (χ1) is 23.5. The molecule has 1 N–H and O–H groups in total. The summed E-state index contributed by atoms with van der Waals surface area (Å²) < 4.78 is 18.2. The number of cyclic esters (lactones) is 1. The first-order valence-corrected chi connectivity index (χ1v) is 17.0. The molecule has 0 saturated carbocycles. The third-order valence-corrected chi connectivity index (χ3v) is 10.8. The van der Waals surface area contributed by atoms with E-state index >= 15 is 0 Å². The van der Waals surface area contributed by atoms with E-state index in [1.54, 1.807) is 47.9 Å². The molecule has 49 heavy (non-hydrogen) atoms. The summed E-state index contributed by atoms with van der Waals surface area (Å²) in [5.41, 5.74) is 3.37. The Morgan fingerprint density at radius 2 is 1.82 bits per heavy atom. The van der Waals surface area contributed by atoms with Gasteiger partial charge in [-0.25, -0.2) is 14.6 Å². The molecule has 13 heteroatoms. The Balaban J connectivity index is 1.11. The topological polar surface area (TPSA) is 154 Å². The monoisotopic (exact) mass is 683 g/mol. The molecule has 2 unspecified atom stereocenters. The van der Waals surface area contributed by atoms with E-state index in [1.807, 2.05) is 19.1 Å². The highest BCUT2D eigenvalue weighted by atomic mass is 32.2. The number of phenolic OH excluding ortho intramolecular Hbond substituents is 1. The van der Waals surface area contributed by atoms with Crippen molar-refractivity contribution in [2.45, 2.75) is 69.5 Å². The van der Waals surface area contributed by atoms with Crippen LogP contribution in [-0.2, 0) is 66.1 Å². The number of rotatable bonds is 8. The summed E-state index contributed by atoms with van der Waals surface area (Å²) in [6, 6.07) is 13.9. The van der Waals surface area contributed by atoms with E-state index in [2.05, 4.69) is 0 Å². The van der Waals surface area contributed by atoms with E-state index in [1.165, 1.54) is 18.8 Å². The number of hydrogen-bond acceptors (Lipinski definition) is 11. The number of nitrogens with zero attached hydrogens (tertiary/aromatic N) is 3. The van der Waals surface area contributed by atoms with Gasteiger partial charge in [0.1, 0.15) is 19.0 Å². The molecule has 252 valence electrons. The highest BCUT2D eigenvalue weighted by Gasteiger charge is 2.51. The summed E-state index contributed by atoms with van der Waals surface area (Å²) in [5.74, 6) is -0.516. The Morgan fingerprint density at radius 3 is 2.51 bits per heavy atom. The molecule has 3 aliphatic rings. The molecule has 12 nitrogen and oxygen atoms in total. The minimum atomic E-state index is -1.91. The van der Waals surface area contributed by atoms with Gasteiger partial charge in [-0.15, -0.1) is 11.8 Å². The molecule has 7 rings (SSSR count). The second-order valence-corrected chi connectivity index (χ2v) is 13.5. The Hall–Kier alpha value is -5.17. The summed E-state index contributed by atoms with van der Waals surface area (Å²) in [6.45, 7) is 3.53. The van der Waals surface area contributed by atoms with Crippen molar-refractivity contribution in [2.75, 3.05) is 7.05 Å². The van der Waals surface area contributed by atoms with Gasteiger partial charge in [0.15, 0.2) is 0 Å². The lowest BCUT2D eigenvalue weighted by Crippen LogP contribution is -2.47. The van der Waals surface area contributed by atoms with Crippen LogP contribution in [0.1, 0.15) is 60.1 Å². The largest absolute Gasteiger partial charge is 0.510 e. The zero-order valence-electron chi connectivity index (χ0n) is 27.1. The van der Waals surface area contributed by atoms with E-state index in [4.69, 9.17) is 19.2 Å². The quantitative estimate of drug-likeness (QED) is 0.179. The second kappa shape index (κ2) is 12.4. The Kier molecular flexibility index (Phi) is 8.18. The molecule has 0 radical (unpaired) electrons. The zero-order valence-corrected chi connectivity index (χ0v) is 27.9. The van der Waals surface area contributed by atoms with Crippen LogP contribution >= 0.6 is 11.8 Å². The molecule has 3 aliphatic heterocycles. The molecular formula is C36H33N3O9S. The van der Waals surface area contributed by atoms with Gasteiger partial charge >= 0.3 is 12.1 Å². The number of aromatic hydroxyl groups is 1. The number of likely N-dealkylation sites (tertiary alicyclic amines) is 1. The van der Waals surface area contributed by atoms with Gasteiger partial charge in [0.25, 0.3) is 5.56 Å². The summed E-state index contributed by atoms with van der Waals surface area (Å²) in [5, 5.41) is 10.5. The van der Waals surface area contributed by atoms with Crippen LogP contribution in [0.4, 0.5) is 4.79 Å². The van der Waals surface area contributed by atoms with E-state index in [0.29, 0.717) is 34.6 Å². The first-order valence-electron chi connectivity index (χ1n) is 16.0. The molecule has 0 bridgehead atoms. The highest BCUT2D eigenvalue weighted by molar-refractivity contribution is 7.99. The van der Waals surface area contributed by atoms with Gasteiger partial charge in [-0.05, 0) is 53.8 Å². The molecule has 5 heterocycles. The van der Waals surface area contributed by atoms with Crippen LogP contribution in [-0.4, -0.2) is 55.8 Å². The molecule has 1 fully saturated rings. The van der Waals surface area contributed by atoms with E-state index in [-0.39, 0.29) is 66.9 Å². The van der Waals surface area contributed by atoms with Gasteiger partial charge in [-0.3, -0.25) is 19.3 Å². The molecule has 2 aromatic carbocycles. The van der Waals surface area contributed by atoms with E-state index < -0.39 is 23.0 Å². The van der Waals surface area contributed by atoms with E-state index in [9.17, 15) is 29.1 Å². The summed E-state index contributed by atoms with van der Waals surface area (Å²) in [4.78, 5) is 70.4. The predicted molar refractivity (Wildman–Crippen MR) is 179 cm³/mol. The average Bonchev–Trinajstić information content (AvgIpc) is 3.59. The fourth-order valence-corrected chi connectivity index (χ4v) is 7.95. The van der Waals surface area contributed by atoms with Crippen LogP contribution < -0.4 is 5.56 Å². The van der Waals surface area contributed by atoms with Crippen molar-refractivity contribution in [1.82, 2.24) is 14.5 Å². The number of fused-ring (bicyclic) bond motifs is 5. The number of carbonyl (C=O) groups is 4. The highest BCUT2D eigenvalue weighted by Crippen LogP contribution is 2.42. The van der Waals surface area contributed by atoms with Gasteiger partial charge in [0.2, 0.25) is 17.4 Å². The van der Waals surface area contributed by atoms with Crippen LogP contribution in [0.2, 0.25) is 0 Å². The number of hydrogen-bond donors (Lipinski definition) is 1. The molecule has 2 atom stereocenters. The van der Waals surface area contributed by atoms with Crippen molar-refractivity contribution in [3.8, 4) is 17.1 Å². The molecule has 0 aliphatic carbocycles. The van der Waals surface area contributed by atoms with Crippen molar-refractivity contribution in [2.24, 2.45) is 0 Å². The lowest BCUT2D eigenvalue weighted by atomic mass is 9.85. The number of carbonyl (C=O) groups excluding carboxylic acids is 4. The fourth-order valence-electron chi connectivity index (χ4n) is 6.81. The molecule has 4 aromatic rings. The number of thioether (sulfide) groups is 1. The first kappa shape index (κ1) is 32.4. The number of aryl methyl sites for hydroxylation is 1. The van der Waals surface area contributed by atoms with Crippen LogP contribution in [0.5, 0.6) is 5.75 Å². The maximum atomic E-state index is 13.9. The van der Waals surface area contributed by atoms with Crippen LogP contribution in [0.15, 0.2) is 53.3 Å². The third kappa shape index (κ3) is 5.41. The SMILES string of the molecule is CCc1c2c(nc3ccc(O)cc13)-c1cc3c(c(=O)n1C2)COC(=O)C3(CC)OC(=O)OCc1ccc(CSC2CC(=O)N(C)C2=O)cc1. The number of amides is 2. The molecule has 2 amide bonds. The molecule has 0 spiro atoms. The number of ether oxygens (including phenoxy) is 3. The number of esters is 1. The minimum Gasteiger partial charge on any atom is -0.508 e. The normalized spacial score (nSPS) is 19.4. The van der Waals surface area contributed by atoms with Gasteiger partial charge < -0.3 is 23.9 Å². The Morgan fingerprint density at radius 1 is 1.06 bits per heavy atom. The van der Waals surface area contributed by atoms with E-state index in [0.717, 1.165) is 27.0 Å². The van der Waals surface area contributed by atoms with Crippen LogP contribution in [0.25, 0.3) is 22.3 Å². The van der Waals surface area contributed by atoms with Gasteiger partial charge in [0.05, 0.1) is 34.3 Å². The smallest absolute Gasteiger partial charge is 0.508 e. The minimum absolute atomic E-state index is 0.00836. The number of imide groups is 1. The maximum Gasteiger partial charge on any atom is 0.510 e. The molecule has 1 saturated heterocycles. The van der Waals surface area contributed by atoms with Gasteiger partial charge in [-0.1, -0.05) is 38.1 Å². The maximum absolute atomic E-state index is 13.9. The third-order valence-electron chi connectivity index (χ3n) is 9.54. The summed E-state index contributed by atoms with van der Waals surface area (Å²) in [7, 11) is 1.49. The number of benzene rings is 2. The Labute approximate surface area is 285 Å². The second-order valence-electron chi connectivity index (χ2n) is 12.3. The van der Waals surface area contributed by atoms with Gasteiger partial charge in [-0.2, -0.15) is 0 Å². The predicted octanol–water partition coefficient (Wildman–Crippen LogP) is 4.70. The van der Waals surface area contributed by atoms with Crippen molar-refractivity contribution in [3.63, 3.8) is 0 Å². The zero-order chi connectivity index (χ0) is 34.6. The summed E-state index contributed by atoms with van der Waals surface area (Å²) >= 11 is 1.40. The van der Waals surface area contributed by atoms with Crippen molar-refractivity contribution in [3.05, 3.63) is 92.3 Å². The average molecular weight is 684 g/mol. The van der Waals surface area contributed by atoms with Crippen molar-refractivity contribution in [1.29, 1.82) is 0 Å². The fraction of sp³-hybridized carbons (Fsp3) is 0.333. The lowest BCUT2D eigenvalue weighted by molar-refractivity contribution is -0.175. The summed E-state index contributed by atoms with van der Waals surface area (Å²) in [6.07, 6.45) is -0.272. The van der Waals surface area contributed by atoms with Crippen molar-refractivity contribution >= 4 is 46.6 Å². The number of phenols is 1. The lowest BCUT2D eigenvalue weighted by Gasteiger charge is -2.35. The van der Waals surface area contributed by atoms with Crippen molar-refractivity contribution < 1.29 is 38.5 Å². The van der Waals surface area contributed by atoms with Crippen LogP contribution in [0.3, 0.4) is 0 Å². The van der Waals surface area contributed by atoms with Crippen LogP contribution in [0, 0.1) is 0 Å². The standard InChI is InChI=1S/C36H33N3O9S/c1-4-22-23-12-21(40)10-11-27(23)37-31-24(22)15-39-28(31)13-26-25(32(39)42)17-46-34(44)36(26,5-2)48-35(45)47-16-19-6-8-20(9-7-19)18-49-29-14-30(41)38(3)33(29)43/h6-13,29,40H,4-5,14-18H2,1-3H3. The molecule has 2 aromatic heterocycles. The number of aromatic nitrogens is 2. The molecular weight excluding hydrogens is 650 g/mol. The van der Waals surface area contributed by atoms with Gasteiger partial charge in [0, 0.05) is 35.7 Å². The number of pyridine rings is 2. The Bertz CT molecular complexity index is 2130.